The summed E-state index contributed by atoms with van der Waals surface area (Å²) in [5.41, 5.74) is 3.94. The fraction of sp³-hybridized carbons (Fsp3) is 0.375. The van der Waals surface area contributed by atoms with Gasteiger partial charge in [0.15, 0.2) is 5.43 Å². The number of likely N-dealkylation sites (tertiary alicyclic amines) is 1. The van der Waals surface area contributed by atoms with Crippen LogP contribution >= 0.6 is 0 Å². The van der Waals surface area contributed by atoms with Gasteiger partial charge >= 0.3 is 0 Å². The van der Waals surface area contributed by atoms with Crippen LogP contribution in [0.4, 0.5) is 0 Å². The highest BCUT2D eigenvalue weighted by molar-refractivity contribution is 5.81. The molecule has 4 rings (SSSR count). The fourth-order valence-corrected chi connectivity index (χ4v) is 4.11. The van der Waals surface area contributed by atoms with Gasteiger partial charge in [-0.15, -0.1) is 0 Å². The molecule has 1 aromatic heterocycles. The number of aromatic nitrogens is 1. The van der Waals surface area contributed by atoms with Crippen LogP contribution in [0.15, 0.2) is 53.3 Å². The third-order valence-corrected chi connectivity index (χ3v) is 5.66. The molecule has 4 nitrogen and oxygen atoms in total. The van der Waals surface area contributed by atoms with Crippen molar-refractivity contribution in [1.82, 2.24) is 9.88 Å². The number of hydrogen-bond acceptors (Lipinski definition) is 3. The first-order valence-corrected chi connectivity index (χ1v) is 10.1. The molecular formula is C24H28N2O2. The quantitative estimate of drug-likeness (QED) is 0.705. The molecule has 0 saturated carbocycles. The highest BCUT2D eigenvalue weighted by Gasteiger charge is 2.19. The van der Waals surface area contributed by atoms with Gasteiger partial charge in [-0.2, -0.15) is 0 Å². The number of benzene rings is 2. The molecule has 1 N–H and O–H groups in total. The summed E-state index contributed by atoms with van der Waals surface area (Å²) in [6.45, 7) is 7.65. The van der Waals surface area contributed by atoms with E-state index in [0.717, 1.165) is 47.7 Å². The van der Waals surface area contributed by atoms with Crippen LogP contribution in [0.2, 0.25) is 0 Å². The van der Waals surface area contributed by atoms with E-state index < -0.39 is 0 Å². The smallest absolute Gasteiger partial charge is 0.194 e. The number of H-pyrrole nitrogens is 1. The molecule has 1 aliphatic heterocycles. The van der Waals surface area contributed by atoms with Crippen molar-refractivity contribution < 1.29 is 4.74 Å². The van der Waals surface area contributed by atoms with E-state index in [1.807, 2.05) is 55.5 Å². The molecule has 0 bridgehead atoms. The van der Waals surface area contributed by atoms with Crippen LogP contribution in [0.25, 0.3) is 10.9 Å². The van der Waals surface area contributed by atoms with E-state index in [4.69, 9.17) is 4.74 Å². The number of fused-ring (bicyclic) bond motifs is 1. The Morgan fingerprint density at radius 2 is 2.00 bits per heavy atom. The number of aryl methyl sites for hydroxylation is 1. The molecule has 4 heteroatoms. The van der Waals surface area contributed by atoms with Crippen molar-refractivity contribution in [3.05, 3.63) is 75.6 Å². The summed E-state index contributed by atoms with van der Waals surface area (Å²) < 4.78 is 5.93. The molecular weight excluding hydrogens is 348 g/mol. The Kier molecular flexibility index (Phi) is 5.49. The van der Waals surface area contributed by atoms with Crippen molar-refractivity contribution >= 4 is 10.9 Å². The number of rotatable bonds is 5. The van der Waals surface area contributed by atoms with E-state index in [2.05, 4.69) is 16.8 Å². The predicted molar refractivity (Wildman–Crippen MR) is 114 cm³/mol. The van der Waals surface area contributed by atoms with E-state index in [1.54, 1.807) is 0 Å². The first-order chi connectivity index (χ1) is 13.6. The minimum atomic E-state index is 0.120. The second kappa shape index (κ2) is 8.19. The van der Waals surface area contributed by atoms with Crippen LogP contribution < -0.4 is 10.2 Å². The third kappa shape index (κ3) is 4.12. The van der Waals surface area contributed by atoms with Crippen LogP contribution in [0.5, 0.6) is 5.75 Å². The molecule has 2 heterocycles. The summed E-state index contributed by atoms with van der Waals surface area (Å²) >= 11 is 0. The van der Waals surface area contributed by atoms with Gasteiger partial charge in [-0.25, -0.2) is 0 Å². The van der Waals surface area contributed by atoms with Gasteiger partial charge in [0.05, 0.1) is 0 Å². The number of aromatic amines is 1. The maximum Gasteiger partial charge on any atom is 0.194 e. The fourth-order valence-electron chi connectivity index (χ4n) is 4.11. The molecule has 28 heavy (non-hydrogen) atoms. The molecule has 1 atom stereocenters. The number of pyridine rings is 1. The van der Waals surface area contributed by atoms with Gasteiger partial charge in [0, 0.05) is 35.2 Å². The standard InChI is InChI=1S/C24H28N2O2/c1-17-7-6-12-26(14-17)15-22-18(2)25-23-11-10-20(13-21(23)24(22)27)28-16-19-8-4-3-5-9-19/h3-5,8-11,13,17H,6-7,12,14-16H2,1-2H3,(H,25,27)/t17-/m1/s1. The van der Waals surface area contributed by atoms with Gasteiger partial charge in [0.2, 0.25) is 0 Å². The second-order valence-electron chi connectivity index (χ2n) is 8.02. The summed E-state index contributed by atoms with van der Waals surface area (Å²) in [6, 6.07) is 15.8. The van der Waals surface area contributed by atoms with E-state index in [0.29, 0.717) is 17.9 Å². The van der Waals surface area contributed by atoms with E-state index >= 15 is 0 Å². The topological polar surface area (TPSA) is 45.3 Å². The lowest BCUT2D eigenvalue weighted by molar-refractivity contribution is 0.176. The van der Waals surface area contributed by atoms with Gasteiger partial charge in [-0.3, -0.25) is 9.69 Å². The minimum absolute atomic E-state index is 0.120. The Balaban J connectivity index is 1.59. The third-order valence-electron chi connectivity index (χ3n) is 5.66. The molecule has 0 aliphatic carbocycles. The van der Waals surface area contributed by atoms with Crippen LogP contribution in [-0.4, -0.2) is 23.0 Å². The summed E-state index contributed by atoms with van der Waals surface area (Å²) in [4.78, 5) is 19.1. The molecule has 1 fully saturated rings. The van der Waals surface area contributed by atoms with Crippen molar-refractivity contribution in [2.45, 2.75) is 39.8 Å². The molecule has 0 amide bonds. The van der Waals surface area contributed by atoms with E-state index in [9.17, 15) is 4.79 Å². The highest BCUT2D eigenvalue weighted by atomic mass is 16.5. The number of nitrogens with zero attached hydrogens (tertiary/aromatic N) is 1. The number of ether oxygens (including phenoxy) is 1. The number of hydrogen-bond donors (Lipinski definition) is 1. The summed E-state index contributed by atoms with van der Waals surface area (Å²) in [7, 11) is 0. The van der Waals surface area contributed by atoms with Crippen molar-refractivity contribution in [2.24, 2.45) is 5.92 Å². The number of nitrogens with one attached hydrogen (secondary N) is 1. The Hall–Kier alpha value is -2.59. The molecule has 1 aliphatic rings. The SMILES string of the molecule is Cc1[nH]c2ccc(OCc3ccccc3)cc2c(=O)c1CN1CCC[C@@H](C)C1. The van der Waals surface area contributed by atoms with Crippen LogP contribution in [0.1, 0.15) is 36.6 Å². The summed E-state index contributed by atoms with van der Waals surface area (Å²) in [6.07, 6.45) is 2.49. The lowest BCUT2D eigenvalue weighted by Crippen LogP contribution is -2.35. The Morgan fingerprint density at radius 3 is 2.79 bits per heavy atom. The zero-order chi connectivity index (χ0) is 19.5. The Labute approximate surface area is 166 Å². The maximum absolute atomic E-state index is 13.2. The van der Waals surface area contributed by atoms with Crippen LogP contribution in [0, 0.1) is 12.8 Å². The zero-order valence-corrected chi connectivity index (χ0v) is 16.7. The molecule has 146 valence electrons. The first-order valence-electron chi connectivity index (χ1n) is 10.1. The van der Waals surface area contributed by atoms with Crippen LogP contribution in [-0.2, 0) is 13.2 Å². The second-order valence-corrected chi connectivity index (χ2v) is 8.02. The average molecular weight is 377 g/mol. The van der Waals surface area contributed by atoms with E-state index in [1.165, 1.54) is 12.8 Å². The normalized spacial score (nSPS) is 17.7. The van der Waals surface area contributed by atoms with Crippen molar-refractivity contribution in [1.29, 1.82) is 0 Å². The van der Waals surface area contributed by atoms with Gasteiger partial charge in [0.25, 0.3) is 0 Å². The molecule has 0 radical (unpaired) electrons. The monoisotopic (exact) mass is 376 g/mol. The average Bonchev–Trinajstić information content (AvgIpc) is 2.71. The molecule has 1 saturated heterocycles. The first kappa shape index (κ1) is 18.8. The zero-order valence-electron chi connectivity index (χ0n) is 16.7. The Morgan fingerprint density at radius 1 is 1.18 bits per heavy atom. The van der Waals surface area contributed by atoms with Gasteiger partial charge in [-0.1, -0.05) is 37.3 Å². The largest absolute Gasteiger partial charge is 0.489 e. The minimum Gasteiger partial charge on any atom is -0.489 e. The Bertz CT molecular complexity index is 1010. The predicted octanol–water partition coefficient (Wildman–Crippen LogP) is 4.65. The van der Waals surface area contributed by atoms with Gasteiger partial charge < -0.3 is 9.72 Å². The lowest BCUT2D eigenvalue weighted by atomic mass is 9.99. The molecule has 2 aromatic carbocycles. The lowest BCUT2D eigenvalue weighted by Gasteiger charge is -2.31. The molecule has 0 unspecified atom stereocenters. The van der Waals surface area contributed by atoms with Gasteiger partial charge in [0.1, 0.15) is 12.4 Å². The van der Waals surface area contributed by atoms with Crippen LogP contribution in [0.3, 0.4) is 0 Å². The molecule has 3 aromatic rings. The van der Waals surface area contributed by atoms with Gasteiger partial charge in [-0.05, 0) is 56.0 Å². The van der Waals surface area contributed by atoms with Crippen molar-refractivity contribution in [3.8, 4) is 5.75 Å². The molecule has 0 spiro atoms. The van der Waals surface area contributed by atoms with Crippen molar-refractivity contribution in [3.63, 3.8) is 0 Å². The summed E-state index contributed by atoms with van der Waals surface area (Å²) in [5.74, 6) is 1.43. The van der Waals surface area contributed by atoms with Crippen molar-refractivity contribution in [2.75, 3.05) is 13.1 Å². The number of piperidine rings is 1. The van der Waals surface area contributed by atoms with E-state index in [-0.39, 0.29) is 5.43 Å². The highest BCUT2D eigenvalue weighted by Crippen LogP contribution is 2.22. The summed E-state index contributed by atoms with van der Waals surface area (Å²) in [5, 5.41) is 0.705. The maximum atomic E-state index is 13.2.